The third-order valence-electron chi connectivity index (χ3n) is 0.552. The summed E-state index contributed by atoms with van der Waals surface area (Å²) >= 11 is 0. The second kappa shape index (κ2) is 1.53. The molecule has 1 radical (unpaired) electrons. The molecule has 0 unspecified atom stereocenters. The zero-order valence-corrected chi connectivity index (χ0v) is 3.18. The molecule has 35 valence electrons. The summed E-state index contributed by atoms with van der Waals surface area (Å²) in [6.07, 6.45) is 0. The van der Waals surface area contributed by atoms with Crippen LogP contribution in [-0.2, 0) is 10.0 Å². The molecule has 1 N–H and O–H groups in total. The Labute approximate surface area is 35.2 Å². The van der Waals surface area contributed by atoms with Gasteiger partial charge in [0.05, 0.1) is 6.61 Å². The van der Waals surface area contributed by atoms with Crippen LogP contribution in [0.15, 0.2) is 0 Å². The molecule has 4 heteroatoms. The molecule has 0 bridgehead atoms. The van der Waals surface area contributed by atoms with Gasteiger partial charge in [-0.2, -0.15) is 0 Å². The highest BCUT2D eigenvalue weighted by Crippen LogP contribution is 1.84. The summed E-state index contributed by atoms with van der Waals surface area (Å²) in [5, 5.41) is 10.2. The molecule has 0 spiro atoms. The summed E-state index contributed by atoms with van der Waals surface area (Å²) < 4.78 is 0. The highest BCUT2D eigenvalue weighted by Gasteiger charge is 2.07. The van der Waals surface area contributed by atoms with Crippen molar-refractivity contribution in [3.8, 4) is 0 Å². The summed E-state index contributed by atoms with van der Waals surface area (Å²) in [6, 6.07) is 0. The molecule has 1 aliphatic heterocycles. The van der Waals surface area contributed by atoms with E-state index in [0.29, 0.717) is 18.5 Å². The number of rotatable bonds is 0. The van der Waals surface area contributed by atoms with Crippen LogP contribution in [0.2, 0.25) is 0 Å². The molecule has 6 heavy (non-hydrogen) atoms. The second-order valence-corrected chi connectivity index (χ2v) is 0.998. The van der Waals surface area contributed by atoms with E-state index in [-0.39, 0.29) is 0 Å². The molecule has 1 fully saturated rings. The van der Waals surface area contributed by atoms with Crippen molar-refractivity contribution in [2.24, 2.45) is 0 Å². The molecule has 0 amide bonds. The zero-order chi connectivity index (χ0) is 4.41. The fraction of sp³-hybridized carbons (Fsp3) is 1.00. The minimum absolute atomic E-state index is 0.361. The maximum absolute atomic E-state index is 9.83. The van der Waals surface area contributed by atoms with Crippen LogP contribution in [0.25, 0.3) is 0 Å². The van der Waals surface area contributed by atoms with Gasteiger partial charge >= 0.3 is 0 Å². The Kier molecular flexibility index (Phi) is 1.02. The van der Waals surface area contributed by atoms with Crippen molar-refractivity contribution in [2.75, 3.05) is 13.2 Å². The van der Waals surface area contributed by atoms with Gasteiger partial charge in [0.15, 0.2) is 0 Å². The van der Waals surface area contributed by atoms with Gasteiger partial charge in [-0.3, -0.25) is 4.84 Å². The average Bonchev–Trinajstić information content (AvgIpc) is 1.86. The van der Waals surface area contributed by atoms with Gasteiger partial charge in [-0.25, -0.2) is 5.43 Å². The SMILES string of the molecule is [O]N1NCCO1. The standard InChI is InChI=1S/C2H5N2O2/c5-4-3-1-2-6-4/h3H,1-2H2. The predicted molar refractivity (Wildman–Crippen MR) is 16.5 cm³/mol. The Morgan fingerprint density at radius 3 is 2.83 bits per heavy atom. The van der Waals surface area contributed by atoms with Crippen molar-refractivity contribution in [3.63, 3.8) is 0 Å². The number of hydrogen-bond donors (Lipinski definition) is 1. The second-order valence-electron chi connectivity index (χ2n) is 0.998. The van der Waals surface area contributed by atoms with Crippen LogP contribution in [0.4, 0.5) is 0 Å². The summed E-state index contributed by atoms with van der Waals surface area (Å²) in [7, 11) is 0. The van der Waals surface area contributed by atoms with Gasteiger partial charge in [-0.05, 0) is 0 Å². The maximum atomic E-state index is 9.83. The first-order valence-corrected chi connectivity index (χ1v) is 1.73. The quantitative estimate of drug-likeness (QED) is 0.417. The lowest BCUT2D eigenvalue weighted by Gasteiger charge is -1.94. The number of hydrogen-bond acceptors (Lipinski definition) is 3. The van der Waals surface area contributed by atoms with Crippen LogP contribution in [0.3, 0.4) is 0 Å². The van der Waals surface area contributed by atoms with Gasteiger partial charge in [-0.1, -0.05) is 5.21 Å². The van der Waals surface area contributed by atoms with Crippen molar-refractivity contribution in [2.45, 2.75) is 0 Å². The van der Waals surface area contributed by atoms with E-state index in [2.05, 4.69) is 10.3 Å². The molecule has 1 saturated heterocycles. The minimum Gasteiger partial charge on any atom is -0.257 e. The van der Waals surface area contributed by atoms with E-state index in [1.807, 2.05) is 0 Å². The fourth-order valence-corrected chi connectivity index (χ4v) is 0.311. The van der Waals surface area contributed by atoms with Crippen LogP contribution >= 0.6 is 0 Å². The highest BCUT2D eigenvalue weighted by atomic mass is 16.9. The maximum Gasteiger partial charge on any atom is 0.0867 e. The zero-order valence-electron chi connectivity index (χ0n) is 3.18. The molecule has 1 heterocycles. The number of hydrazine groups is 1. The van der Waals surface area contributed by atoms with Gasteiger partial charge in [0.25, 0.3) is 0 Å². The van der Waals surface area contributed by atoms with Crippen LogP contribution in [0.1, 0.15) is 0 Å². The molecule has 0 aliphatic carbocycles. The van der Waals surface area contributed by atoms with Crippen molar-refractivity contribution >= 4 is 0 Å². The first-order valence-electron chi connectivity index (χ1n) is 1.73. The van der Waals surface area contributed by atoms with E-state index in [1.165, 1.54) is 0 Å². The first-order chi connectivity index (χ1) is 2.89. The third-order valence-corrected chi connectivity index (χ3v) is 0.552. The van der Waals surface area contributed by atoms with E-state index in [9.17, 15) is 5.21 Å². The van der Waals surface area contributed by atoms with E-state index < -0.39 is 0 Å². The molecule has 0 atom stereocenters. The summed E-state index contributed by atoms with van der Waals surface area (Å²) in [5.74, 6) is 0. The number of nitrogens with one attached hydrogen (secondary N) is 1. The van der Waals surface area contributed by atoms with E-state index >= 15 is 0 Å². The topological polar surface area (TPSA) is 44.4 Å². The molecule has 0 aromatic rings. The Hall–Kier alpha value is -0.160. The molecular weight excluding hydrogens is 84.0 g/mol. The molecule has 0 aromatic carbocycles. The van der Waals surface area contributed by atoms with Crippen LogP contribution < -0.4 is 5.43 Å². The fourth-order valence-electron chi connectivity index (χ4n) is 0.311. The lowest BCUT2D eigenvalue weighted by atomic mass is 10.8. The van der Waals surface area contributed by atoms with E-state index in [0.717, 1.165) is 0 Å². The Morgan fingerprint density at radius 2 is 2.67 bits per heavy atom. The third kappa shape index (κ3) is 0.662. The lowest BCUT2D eigenvalue weighted by Crippen LogP contribution is -2.23. The van der Waals surface area contributed by atoms with Gasteiger partial charge in [0.1, 0.15) is 0 Å². The number of nitrogens with zero attached hydrogens (tertiary/aromatic N) is 1. The van der Waals surface area contributed by atoms with E-state index in [1.54, 1.807) is 0 Å². The molecule has 0 aromatic heterocycles. The Balaban J connectivity index is 2.18. The molecule has 0 saturated carbocycles. The van der Waals surface area contributed by atoms with Gasteiger partial charge < -0.3 is 0 Å². The van der Waals surface area contributed by atoms with Gasteiger partial charge in [-0.15, -0.1) is 0 Å². The summed E-state index contributed by atoms with van der Waals surface area (Å²) in [6.45, 7) is 1.12. The van der Waals surface area contributed by atoms with Gasteiger partial charge in [0, 0.05) is 11.9 Å². The Bertz CT molecular complexity index is 42.8. The first kappa shape index (κ1) is 4.01. The Morgan fingerprint density at radius 1 is 1.83 bits per heavy atom. The molecule has 1 aliphatic rings. The monoisotopic (exact) mass is 89.0 g/mol. The molecule has 4 nitrogen and oxygen atoms in total. The summed E-state index contributed by atoms with van der Waals surface area (Å²) in [4.78, 5) is 4.32. The lowest BCUT2D eigenvalue weighted by molar-refractivity contribution is -0.375. The average molecular weight is 89.1 g/mol. The summed E-state index contributed by atoms with van der Waals surface area (Å²) in [5.41, 5.74) is 2.38. The van der Waals surface area contributed by atoms with Crippen LogP contribution in [0, 0.1) is 0 Å². The normalized spacial score (nSPS) is 25.5. The van der Waals surface area contributed by atoms with Crippen molar-refractivity contribution in [1.82, 2.24) is 10.8 Å². The van der Waals surface area contributed by atoms with Crippen molar-refractivity contribution in [3.05, 3.63) is 0 Å². The smallest absolute Gasteiger partial charge is 0.0867 e. The van der Waals surface area contributed by atoms with Crippen molar-refractivity contribution in [1.29, 1.82) is 0 Å². The van der Waals surface area contributed by atoms with Crippen LogP contribution in [-0.4, -0.2) is 18.5 Å². The largest absolute Gasteiger partial charge is 0.257 e. The predicted octanol–water partition coefficient (Wildman–Crippen LogP) is -0.916. The van der Waals surface area contributed by atoms with Crippen molar-refractivity contribution < 1.29 is 10.0 Å². The molecular formula is C2H5N2O2. The minimum atomic E-state index is 0.361. The van der Waals surface area contributed by atoms with Gasteiger partial charge in [0.2, 0.25) is 0 Å². The van der Waals surface area contributed by atoms with E-state index in [4.69, 9.17) is 0 Å². The highest BCUT2D eigenvalue weighted by molar-refractivity contribution is 4.35. The molecule has 1 rings (SSSR count). The van der Waals surface area contributed by atoms with Crippen LogP contribution in [0.5, 0.6) is 0 Å².